The van der Waals surface area contributed by atoms with Gasteiger partial charge in [-0.05, 0) is 12.8 Å². The molecule has 0 saturated carbocycles. The number of hydrazine groups is 1. The summed E-state index contributed by atoms with van der Waals surface area (Å²) in [5.41, 5.74) is 2.74. The molecule has 0 aromatic heterocycles. The van der Waals surface area contributed by atoms with Crippen LogP contribution in [0.1, 0.15) is 19.8 Å². The van der Waals surface area contributed by atoms with Crippen LogP contribution in [0.2, 0.25) is 0 Å². The first kappa shape index (κ1) is 14.7. The number of carboxylic acid groups (broad SMARTS) is 1. The van der Waals surface area contributed by atoms with Gasteiger partial charge in [0.15, 0.2) is 0 Å². The minimum absolute atomic E-state index is 0.0388. The Morgan fingerprint density at radius 2 is 1.62 bits per heavy atom. The van der Waals surface area contributed by atoms with E-state index in [1.165, 1.54) is 12.8 Å². The number of amides is 1. The van der Waals surface area contributed by atoms with Crippen molar-refractivity contribution in [2.45, 2.75) is 25.9 Å². The average molecular weight is 242 g/mol. The number of nitrogens with zero attached hydrogens (tertiary/aromatic N) is 1. The van der Waals surface area contributed by atoms with Gasteiger partial charge in [0.05, 0.1) is 0 Å². The Bertz CT molecular complexity index is 249. The number of hydrogen-bond acceptors (Lipinski definition) is 3. The highest BCUT2D eigenvalue weighted by atomic mass is 19.4. The quantitative estimate of drug-likeness (QED) is 0.712. The number of carboxylic acids is 1. The third-order valence-electron chi connectivity index (χ3n) is 1.66. The average Bonchev–Trinajstić information content (AvgIpc) is 2.54. The van der Waals surface area contributed by atoms with Crippen molar-refractivity contribution in [3.8, 4) is 0 Å². The van der Waals surface area contributed by atoms with Gasteiger partial charge in [0.2, 0.25) is 5.91 Å². The van der Waals surface area contributed by atoms with Gasteiger partial charge in [0.25, 0.3) is 0 Å². The molecule has 8 heteroatoms. The Hall–Kier alpha value is -1.31. The minimum atomic E-state index is -5.08. The van der Waals surface area contributed by atoms with E-state index in [1.807, 2.05) is 5.01 Å². The molecular weight excluding hydrogens is 229 g/mol. The van der Waals surface area contributed by atoms with Gasteiger partial charge in [-0.3, -0.25) is 10.2 Å². The number of halogens is 3. The molecule has 2 N–H and O–H groups in total. The molecule has 1 aliphatic heterocycles. The molecule has 0 bridgehead atoms. The van der Waals surface area contributed by atoms with Gasteiger partial charge < -0.3 is 5.11 Å². The highest BCUT2D eigenvalue weighted by Crippen LogP contribution is 2.13. The van der Waals surface area contributed by atoms with Gasteiger partial charge in [-0.15, -0.1) is 0 Å². The van der Waals surface area contributed by atoms with Crippen LogP contribution in [0.5, 0.6) is 0 Å². The third kappa shape index (κ3) is 7.04. The van der Waals surface area contributed by atoms with Crippen molar-refractivity contribution in [2.24, 2.45) is 0 Å². The second kappa shape index (κ2) is 6.31. The molecule has 1 aliphatic rings. The van der Waals surface area contributed by atoms with Crippen molar-refractivity contribution >= 4 is 11.9 Å². The second-order valence-corrected chi connectivity index (χ2v) is 3.17. The fourth-order valence-electron chi connectivity index (χ4n) is 1.05. The van der Waals surface area contributed by atoms with Crippen LogP contribution < -0.4 is 5.43 Å². The first-order valence-corrected chi connectivity index (χ1v) is 4.55. The lowest BCUT2D eigenvalue weighted by Gasteiger charge is -2.13. The summed E-state index contributed by atoms with van der Waals surface area (Å²) in [4.78, 5) is 19.3. The molecule has 0 spiro atoms. The number of carbonyl (C=O) groups is 2. The fraction of sp³-hybridized carbons (Fsp3) is 0.750. The molecule has 0 radical (unpaired) electrons. The molecule has 1 rings (SSSR count). The fourth-order valence-corrected chi connectivity index (χ4v) is 1.05. The van der Waals surface area contributed by atoms with E-state index < -0.39 is 12.1 Å². The Kier molecular flexibility index (Phi) is 5.79. The molecule has 0 aromatic carbocycles. The van der Waals surface area contributed by atoms with Gasteiger partial charge in [-0.1, -0.05) is 0 Å². The van der Waals surface area contributed by atoms with E-state index in [9.17, 15) is 18.0 Å². The van der Waals surface area contributed by atoms with Crippen molar-refractivity contribution in [1.82, 2.24) is 10.4 Å². The number of aliphatic carboxylic acids is 1. The van der Waals surface area contributed by atoms with Gasteiger partial charge in [-0.25, -0.2) is 9.80 Å². The van der Waals surface area contributed by atoms with Crippen molar-refractivity contribution < 1.29 is 27.9 Å². The van der Waals surface area contributed by atoms with E-state index in [0.29, 0.717) is 0 Å². The zero-order valence-electron chi connectivity index (χ0n) is 8.67. The van der Waals surface area contributed by atoms with E-state index in [1.54, 1.807) is 6.92 Å². The smallest absolute Gasteiger partial charge is 0.475 e. The molecule has 0 atom stereocenters. The summed E-state index contributed by atoms with van der Waals surface area (Å²) in [6, 6.07) is 0. The number of rotatable bonds is 1. The van der Waals surface area contributed by atoms with Crippen molar-refractivity contribution in [1.29, 1.82) is 0 Å². The first-order valence-electron chi connectivity index (χ1n) is 4.55. The Labute approximate surface area is 90.2 Å². The van der Waals surface area contributed by atoms with E-state index in [-0.39, 0.29) is 5.91 Å². The number of alkyl halides is 3. The van der Waals surface area contributed by atoms with Crippen LogP contribution in [-0.2, 0) is 9.59 Å². The summed E-state index contributed by atoms with van der Waals surface area (Å²) < 4.78 is 31.7. The summed E-state index contributed by atoms with van der Waals surface area (Å²) in [5.74, 6) is -2.72. The van der Waals surface area contributed by atoms with Crippen molar-refractivity contribution in [3.05, 3.63) is 0 Å². The predicted octanol–water partition coefficient (Wildman–Crippen LogP) is 0.767. The minimum Gasteiger partial charge on any atom is -0.475 e. The molecule has 5 nitrogen and oxygen atoms in total. The molecule has 0 unspecified atom stereocenters. The van der Waals surface area contributed by atoms with Gasteiger partial charge in [0, 0.05) is 20.0 Å². The summed E-state index contributed by atoms with van der Waals surface area (Å²) in [6.07, 6.45) is -2.67. The molecule has 16 heavy (non-hydrogen) atoms. The lowest BCUT2D eigenvalue weighted by Crippen LogP contribution is -2.38. The number of nitrogens with one attached hydrogen (secondary N) is 1. The van der Waals surface area contributed by atoms with Crippen LogP contribution in [-0.4, -0.2) is 41.3 Å². The summed E-state index contributed by atoms with van der Waals surface area (Å²) in [5, 5.41) is 9.09. The van der Waals surface area contributed by atoms with Gasteiger partial charge >= 0.3 is 12.1 Å². The van der Waals surface area contributed by atoms with E-state index in [2.05, 4.69) is 5.43 Å². The largest absolute Gasteiger partial charge is 0.490 e. The first-order chi connectivity index (χ1) is 7.23. The highest BCUT2D eigenvalue weighted by Gasteiger charge is 2.38. The third-order valence-corrected chi connectivity index (χ3v) is 1.66. The van der Waals surface area contributed by atoms with Crippen molar-refractivity contribution in [2.75, 3.05) is 13.1 Å². The zero-order valence-corrected chi connectivity index (χ0v) is 8.67. The molecule has 0 aromatic rings. The molecule has 1 heterocycles. The summed E-state index contributed by atoms with van der Waals surface area (Å²) in [6.45, 7) is 3.57. The van der Waals surface area contributed by atoms with Crippen LogP contribution in [0, 0.1) is 0 Å². The van der Waals surface area contributed by atoms with Crippen LogP contribution in [0.3, 0.4) is 0 Å². The molecule has 1 fully saturated rings. The molecule has 1 amide bonds. The monoisotopic (exact) mass is 242 g/mol. The lowest BCUT2D eigenvalue weighted by atomic mass is 10.4. The predicted molar refractivity (Wildman–Crippen MR) is 48.3 cm³/mol. The standard InChI is InChI=1S/C6H12N2O.C2HF3O2/c1-6(9)7-8-4-2-3-5-8;3-2(4,5)1(6)7/h2-5H2,1H3,(H,7,9);(H,6,7). The van der Waals surface area contributed by atoms with E-state index in [0.717, 1.165) is 13.1 Å². The normalized spacial score (nSPS) is 16.2. The van der Waals surface area contributed by atoms with Gasteiger partial charge in [0.1, 0.15) is 0 Å². The van der Waals surface area contributed by atoms with Crippen LogP contribution in [0.25, 0.3) is 0 Å². The molecule has 94 valence electrons. The second-order valence-electron chi connectivity index (χ2n) is 3.17. The number of hydrogen-bond donors (Lipinski definition) is 2. The maximum absolute atomic E-state index is 10.6. The van der Waals surface area contributed by atoms with Crippen LogP contribution in [0.15, 0.2) is 0 Å². The van der Waals surface area contributed by atoms with Crippen LogP contribution >= 0.6 is 0 Å². The van der Waals surface area contributed by atoms with Gasteiger partial charge in [-0.2, -0.15) is 13.2 Å². The maximum Gasteiger partial charge on any atom is 0.490 e. The SMILES string of the molecule is CC(=O)NN1CCCC1.O=C(O)C(F)(F)F. The zero-order chi connectivity index (χ0) is 12.8. The van der Waals surface area contributed by atoms with E-state index >= 15 is 0 Å². The summed E-state index contributed by atoms with van der Waals surface area (Å²) in [7, 11) is 0. The molecular formula is C8H13F3N2O3. The molecule has 1 saturated heterocycles. The summed E-state index contributed by atoms with van der Waals surface area (Å²) >= 11 is 0. The number of carbonyl (C=O) groups excluding carboxylic acids is 1. The lowest BCUT2D eigenvalue weighted by molar-refractivity contribution is -0.192. The Morgan fingerprint density at radius 3 is 1.88 bits per heavy atom. The molecule has 0 aliphatic carbocycles. The van der Waals surface area contributed by atoms with E-state index in [4.69, 9.17) is 9.90 Å². The Morgan fingerprint density at radius 1 is 1.25 bits per heavy atom. The topological polar surface area (TPSA) is 69.6 Å². The van der Waals surface area contributed by atoms with Crippen molar-refractivity contribution in [3.63, 3.8) is 0 Å². The maximum atomic E-state index is 10.6. The van der Waals surface area contributed by atoms with Crippen LogP contribution in [0.4, 0.5) is 13.2 Å². The Balaban J connectivity index is 0.000000293. The highest BCUT2D eigenvalue weighted by molar-refractivity contribution is 5.73.